The molecule has 0 radical (unpaired) electrons. The van der Waals surface area contributed by atoms with Crippen LogP contribution in [0.3, 0.4) is 0 Å². The van der Waals surface area contributed by atoms with Gasteiger partial charge in [-0.1, -0.05) is 6.08 Å². The van der Waals surface area contributed by atoms with Crippen LogP contribution < -0.4 is 9.64 Å². The first kappa shape index (κ1) is 13.0. The quantitative estimate of drug-likeness (QED) is 0.848. The van der Waals surface area contributed by atoms with E-state index in [0.717, 1.165) is 5.56 Å². The zero-order chi connectivity index (χ0) is 14.8. The van der Waals surface area contributed by atoms with Crippen molar-refractivity contribution in [2.24, 2.45) is 0 Å². The zero-order valence-corrected chi connectivity index (χ0v) is 11.3. The molecule has 0 spiro atoms. The van der Waals surface area contributed by atoms with Gasteiger partial charge in [0.05, 0.1) is 25.1 Å². The lowest BCUT2D eigenvalue weighted by molar-refractivity contribution is 0.0958. The maximum atomic E-state index is 12.6. The molecule has 0 saturated carbocycles. The monoisotopic (exact) mass is 280 g/mol. The molecule has 104 valence electrons. The molecular weight excluding hydrogens is 268 g/mol. The van der Waals surface area contributed by atoms with Gasteiger partial charge < -0.3 is 9.15 Å². The summed E-state index contributed by atoms with van der Waals surface area (Å²) < 4.78 is 10.3. The Morgan fingerprint density at radius 1 is 1.43 bits per heavy atom. The predicted octanol–water partition coefficient (Wildman–Crippen LogP) is 2.85. The van der Waals surface area contributed by atoms with Crippen LogP contribution >= 0.6 is 0 Å². The second kappa shape index (κ2) is 5.17. The number of carbonyl (C=O) groups is 1. The molecule has 0 saturated heterocycles. The third kappa shape index (κ3) is 2.17. The Hall–Kier alpha value is -3.00. The number of carbonyl (C=O) groups excluding carboxylic acids is 1. The molecule has 2 heterocycles. The Bertz CT molecular complexity index is 741. The average Bonchev–Trinajstić information content (AvgIpc) is 3.06. The van der Waals surface area contributed by atoms with E-state index in [-0.39, 0.29) is 11.7 Å². The van der Waals surface area contributed by atoms with Crippen LogP contribution in [0.15, 0.2) is 47.1 Å². The Morgan fingerprint density at radius 2 is 2.29 bits per heavy atom. The van der Waals surface area contributed by atoms with Crippen LogP contribution in [-0.4, -0.2) is 19.1 Å². The normalized spacial score (nSPS) is 16.2. The molecular formula is C16H12N2O3. The van der Waals surface area contributed by atoms with Crippen LogP contribution in [-0.2, 0) is 0 Å². The maximum Gasteiger partial charge on any atom is 0.295 e. The largest absolute Gasteiger partial charge is 0.497 e. The van der Waals surface area contributed by atoms with Crippen LogP contribution in [0.4, 0.5) is 5.69 Å². The van der Waals surface area contributed by atoms with Gasteiger partial charge in [0.15, 0.2) is 5.76 Å². The molecule has 0 N–H and O–H groups in total. The first-order chi connectivity index (χ1) is 10.2. The summed E-state index contributed by atoms with van der Waals surface area (Å²) in [6.07, 6.45) is 4.93. The van der Waals surface area contributed by atoms with Crippen molar-refractivity contribution < 1.29 is 13.9 Å². The molecule has 0 unspecified atom stereocenters. The highest BCUT2D eigenvalue weighted by atomic mass is 16.5. The molecule has 1 aromatic heterocycles. The Labute approximate surface area is 121 Å². The summed E-state index contributed by atoms with van der Waals surface area (Å²) in [5, 5.41) is 9.28. The number of hydrogen-bond donors (Lipinski definition) is 0. The lowest BCUT2D eigenvalue weighted by Gasteiger charge is -2.29. The standard InChI is InChI=1S/C16H12N2O3/c1-20-13-6-7-14-11(9-13)4-5-12(10-17)18(14)16(19)15-3-2-8-21-15/h2-9,12H,1H3/t12-/m1/s1. The van der Waals surface area contributed by atoms with Gasteiger partial charge in [0.2, 0.25) is 0 Å². The van der Waals surface area contributed by atoms with Crippen LogP contribution in [0.2, 0.25) is 0 Å². The molecule has 1 atom stereocenters. The highest BCUT2D eigenvalue weighted by molar-refractivity contribution is 6.07. The van der Waals surface area contributed by atoms with E-state index in [1.165, 1.54) is 11.2 Å². The van der Waals surface area contributed by atoms with E-state index in [1.807, 2.05) is 12.1 Å². The summed E-state index contributed by atoms with van der Waals surface area (Å²) in [7, 11) is 1.58. The molecule has 1 aliphatic heterocycles. The van der Waals surface area contributed by atoms with Crippen molar-refractivity contribution in [3.05, 3.63) is 54.0 Å². The Morgan fingerprint density at radius 3 is 2.95 bits per heavy atom. The van der Waals surface area contributed by atoms with Gasteiger partial charge in [0.25, 0.3) is 5.91 Å². The summed E-state index contributed by atoms with van der Waals surface area (Å²) in [4.78, 5) is 14.0. The summed E-state index contributed by atoms with van der Waals surface area (Å²) in [6.45, 7) is 0. The Kier molecular flexibility index (Phi) is 3.20. The SMILES string of the molecule is COc1ccc2c(c1)C=C[C@H](C#N)N2C(=O)c1ccco1. The molecule has 0 fully saturated rings. The van der Waals surface area contributed by atoms with E-state index in [1.54, 1.807) is 37.5 Å². The smallest absolute Gasteiger partial charge is 0.295 e. The molecule has 3 rings (SSSR count). The molecule has 5 nitrogen and oxygen atoms in total. The molecule has 2 aromatic rings. The number of amides is 1. The van der Waals surface area contributed by atoms with Crippen LogP contribution in [0, 0.1) is 11.3 Å². The van der Waals surface area contributed by atoms with Gasteiger partial charge in [-0.3, -0.25) is 9.69 Å². The lowest BCUT2D eigenvalue weighted by Crippen LogP contribution is -2.40. The van der Waals surface area contributed by atoms with Crippen molar-refractivity contribution in [1.29, 1.82) is 5.26 Å². The van der Waals surface area contributed by atoms with E-state index in [0.29, 0.717) is 11.4 Å². The van der Waals surface area contributed by atoms with E-state index in [4.69, 9.17) is 9.15 Å². The Balaban J connectivity index is 2.08. The molecule has 1 aromatic carbocycles. The number of hydrogen-bond acceptors (Lipinski definition) is 4. The molecule has 0 bridgehead atoms. The maximum absolute atomic E-state index is 12.6. The number of nitriles is 1. The van der Waals surface area contributed by atoms with Gasteiger partial charge in [-0.05, 0) is 36.4 Å². The van der Waals surface area contributed by atoms with Crippen molar-refractivity contribution in [1.82, 2.24) is 0 Å². The molecule has 1 amide bonds. The van der Waals surface area contributed by atoms with Crippen molar-refractivity contribution in [2.45, 2.75) is 6.04 Å². The molecule has 21 heavy (non-hydrogen) atoms. The predicted molar refractivity (Wildman–Crippen MR) is 76.9 cm³/mol. The van der Waals surface area contributed by atoms with E-state index in [2.05, 4.69) is 6.07 Å². The lowest BCUT2D eigenvalue weighted by atomic mass is 10.0. The van der Waals surface area contributed by atoms with Crippen molar-refractivity contribution in [2.75, 3.05) is 12.0 Å². The highest BCUT2D eigenvalue weighted by Gasteiger charge is 2.30. The number of nitrogens with zero attached hydrogens (tertiary/aromatic N) is 2. The first-order valence-corrected chi connectivity index (χ1v) is 6.37. The minimum Gasteiger partial charge on any atom is -0.497 e. The molecule has 5 heteroatoms. The van der Waals surface area contributed by atoms with Crippen molar-refractivity contribution in [3.8, 4) is 11.8 Å². The van der Waals surface area contributed by atoms with E-state index >= 15 is 0 Å². The van der Waals surface area contributed by atoms with Gasteiger partial charge in [-0.15, -0.1) is 0 Å². The molecule has 1 aliphatic rings. The minimum atomic E-state index is -0.663. The van der Waals surface area contributed by atoms with Crippen molar-refractivity contribution in [3.63, 3.8) is 0 Å². The van der Waals surface area contributed by atoms with E-state index in [9.17, 15) is 10.1 Å². The first-order valence-electron chi connectivity index (χ1n) is 6.37. The van der Waals surface area contributed by atoms with Gasteiger partial charge in [0.1, 0.15) is 11.8 Å². The van der Waals surface area contributed by atoms with E-state index < -0.39 is 6.04 Å². The summed E-state index contributed by atoms with van der Waals surface area (Å²) >= 11 is 0. The highest BCUT2D eigenvalue weighted by Crippen LogP contribution is 2.33. The fourth-order valence-corrected chi connectivity index (χ4v) is 2.30. The number of rotatable bonds is 2. The second-order valence-electron chi connectivity index (χ2n) is 4.51. The third-order valence-corrected chi connectivity index (χ3v) is 3.31. The third-order valence-electron chi connectivity index (χ3n) is 3.31. The average molecular weight is 280 g/mol. The van der Waals surface area contributed by atoms with Crippen LogP contribution in [0.1, 0.15) is 16.1 Å². The van der Waals surface area contributed by atoms with Crippen LogP contribution in [0.25, 0.3) is 6.08 Å². The van der Waals surface area contributed by atoms with Gasteiger partial charge in [0, 0.05) is 5.56 Å². The number of ether oxygens (including phenoxy) is 1. The fraction of sp³-hybridized carbons (Fsp3) is 0.125. The summed E-state index contributed by atoms with van der Waals surface area (Å²) in [5.41, 5.74) is 1.48. The zero-order valence-electron chi connectivity index (χ0n) is 11.3. The fourth-order valence-electron chi connectivity index (χ4n) is 2.30. The van der Waals surface area contributed by atoms with Gasteiger partial charge in [-0.2, -0.15) is 5.26 Å². The summed E-state index contributed by atoms with van der Waals surface area (Å²) in [5.74, 6) is 0.550. The van der Waals surface area contributed by atoms with Gasteiger partial charge in [-0.25, -0.2) is 0 Å². The number of benzene rings is 1. The number of furan rings is 1. The van der Waals surface area contributed by atoms with Gasteiger partial charge >= 0.3 is 0 Å². The number of methoxy groups -OCH3 is 1. The molecule has 0 aliphatic carbocycles. The van der Waals surface area contributed by atoms with Crippen molar-refractivity contribution >= 4 is 17.7 Å². The second-order valence-corrected chi connectivity index (χ2v) is 4.51. The topological polar surface area (TPSA) is 66.5 Å². The number of fused-ring (bicyclic) bond motifs is 1. The minimum absolute atomic E-state index is 0.201. The van der Waals surface area contributed by atoms with Crippen LogP contribution in [0.5, 0.6) is 5.75 Å². The number of anilines is 1. The summed E-state index contributed by atoms with van der Waals surface area (Å²) in [6, 6.07) is 10.0.